The lowest BCUT2D eigenvalue weighted by molar-refractivity contribution is 0.306. The van der Waals surface area contributed by atoms with Crippen molar-refractivity contribution in [2.24, 2.45) is 0 Å². The second-order valence-electron chi connectivity index (χ2n) is 6.98. The zero-order chi connectivity index (χ0) is 20.9. The van der Waals surface area contributed by atoms with E-state index in [0.717, 1.165) is 33.8 Å². The molecular weight excluding hydrogens is 406 g/mol. The van der Waals surface area contributed by atoms with Crippen LogP contribution in [0.2, 0.25) is 0 Å². The summed E-state index contributed by atoms with van der Waals surface area (Å²) in [7, 11) is 0. The molecule has 2 heterocycles. The molecule has 0 aliphatic rings. The van der Waals surface area contributed by atoms with Crippen LogP contribution in [0.15, 0.2) is 89.8 Å². The lowest BCUT2D eigenvalue weighted by Gasteiger charge is -2.09. The summed E-state index contributed by atoms with van der Waals surface area (Å²) in [5.74, 6) is 2.13. The Morgan fingerprint density at radius 2 is 1.81 bits per heavy atom. The van der Waals surface area contributed by atoms with E-state index in [9.17, 15) is 0 Å². The molecule has 0 unspecified atom stereocenters. The molecule has 0 aliphatic carbocycles. The summed E-state index contributed by atoms with van der Waals surface area (Å²) in [6, 6.07) is 28.5. The minimum atomic E-state index is 0.484. The number of pyridine rings is 1. The van der Waals surface area contributed by atoms with Crippen molar-refractivity contribution in [3.63, 3.8) is 0 Å². The van der Waals surface area contributed by atoms with Crippen LogP contribution in [0.3, 0.4) is 0 Å². The van der Waals surface area contributed by atoms with Crippen LogP contribution in [0.25, 0.3) is 22.3 Å². The molecular formula is C24H19N5OS. The average Bonchev–Trinajstić information content (AvgIpc) is 3.37. The molecule has 0 spiro atoms. The second kappa shape index (κ2) is 8.97. The lowest BCUT2D eigenvalue weighted by Crippen LogP contribution is -1.96. The van der Waals surface area contributed by atoms with Gasteiger partial charge in [-0.05, 0) is 47.2 Å². The highest BCUT2D eigenvalue weighted by Crippen LogP contribution is 2.25. The van der Waals surface area contributed by atoms with Crippen molar-refractivity contribution in [1.29, 1.82) is 0 Å². The zero-order valence-electron chi connectivity index (χ0n) is 16.6. The molecule has 0 atom stereocenters. The van der Waals surface area contributed by atoms with Crippen molar-refractivity contribution in [1.82, 2.24) is 25.6 Å². The van der Waals surface area contributed by atoms with E-state index < -0.39 is 0 Å². The van der Waals surface area contributed by atoms with Gasteiger partial charge in [0.05, 0.1) is 11.2 Å². The van der Waals surface area contributed by atoms with Crippen molar-refractivity contribution in [2.75, 3.05) is 0 Å². The first kappa shape index (κ1) is 19.3. The number of nitrogens with zero attached hydrogens (tertiary/aromatic N) is 4. The number of benzene rings is 3. The predicted octanol–water partition coefficient (Wildman–Crippen LogP) is 5.29. The Morgan fingerprint density at radius 3 is 2.74 bits per heavy atom. The number of H-pyrrole nitrogens is 1. The van der Waals surface area contributed by atoms with Gasteiger partial charge in [-0.25, -0.2) is 0 Å². The summed E-state index contributed by atoms with van der Waals surface area (Å²) in [5.41, 5.74) is 4.08. The van der Waals surface area contributed by atoms with Gasteiger partial charge in [0.25, 0.3) is 0 Å². The molecule has 0 bridgehead atoms. The van der Waals surface area contributed by atoms with Crippen LogP contribution in [0.5, 0.6) is 5.75 Å². The van der Waals surface area contributed by atoms with E-state index in [1.54, 1.807) is 11.8 Å². The van der Waals surface area contributed by atoms with E-state index in [2.05, 4.69) is 69.2 Å². The monoisotopic (exact) mass is 425 g/mol. The number of thioether (sulfide) groups is 1. The van der Waals surface area contributed by atoms with E-state index >= 15 is 0 Å². The Hall–Kier alpha value is -3.71. The lowest BCUT2D eigenvalue weighted by atomic mass is 10.2. The van der Waals surface area contributed by atoms with Gasteiger partial charge < -0.3 is 4.74 Å². The van der Waals surface area contributed by atoms with Crippen LogP contribution in [0, 0.1) is 0 Å². The molecule has 2 aromatic heterocycles. The van der Waals surface area contributed by atoms with Crippen LogP contribution < -0.4 is 4.74 Å². The second-order valence-corrected chi connectivity index (χ2v) is 8.03. The highest BCUT2D eigenvalue weighted by Gasteiger charge is 2.05. The average molecular weight is 426 g/mol. The molecule has 0 radical (unpaired) electrons. The molecule has 5 aromatic rings. The molecule has 6 nitrogen and oxygen atoms in total. The van der Waals surface area contributed by atoms with Crippen LogP contribution in [0.1, 0.15) is 11.3 Å². The standard InChI is InChI=1S/C24H19N5OS/c1-2-10-23-18(6-1)11-12-20(25-23)16-31-22-9-3-5-17(13-22)15-30-21-8-4-7-19(14-21)24-26-28-29-27-24/h1-14H,15-16H2,(H,26,27,28,29). The van der Waals surface area contributed by atoms with Gasteiger partial charge in [0.15, 0.2) is 0 Å². The van der Waals surface area contributed by atoms with Gasteiger partial charge in [0.1, 0.15) is 12.4 Å². The van der Waals surface area contributed by atoms with Gasteiger partial charge in [0, 0.05) is 21.6 Å². The maximum absolute atomic E-state index is 5.99. The Balaban J connectivity index is 1.22. The minimum absolute atomic E-state index is 0.484. The quantitative estimate of drug-likeness (QED) is 0.357. The normalized spacial score (nSPS) is 11.0. The third kappa shape index (κ3) is 4.73. The van der Waals surface area contributed by atoms with E-state index in [0.29, 0.717) is 12.4 Å². The van der Waals surface area contributed by atoms with Crippen molar-refractivity contribution < 1.29 is 4.74 Å². The Bertz CT molecular complexity index is 1310. The van der Waals surface area contributed by atoms with E-state index in [-0.39, 0.29) is 0 Å². The number of hydrogen-bond donors (Lipinski definition) is 1. The van der Waals surface area contributed by atoms with Gasteiger partial charge in [0.2, 0.25) is 5.82 Å². The highest BCUT2D eigenvalue weighted by molar-refractivity contribution is 7.98. The van der Waals surface area contributed by atoms with Gasteiger partial charge >= 0.3 is 0 Å². The summed E-state index contributed by atoms with van der Waals surface area (Å²) in [5, 5.41) is 15.3. The van der Waals surface area contributed by atoms with Crippen molar-refractivity contribution >= 4 is 22.7 Å². The summed E-state index contributed by atoms with van der Waals surface area (Å²) in [6.07, 6.45) is 0. The third-order valence-electron chi connectivity index (χ3n) is 4.78. The van der Waals surface area contributed by atoms with E-state index in [1.165, 1.54) is 10.3 Å². The van der Waals surface area contributed by atoms with Gasteiger partial charge in [-0.3, -0.25) is 4.98 Å². The number of tetrazole rings is 1. The molecule has 1 N–H and O–H groups in total. The van der Waals surface area contributed by atoms with Gasteiger partial charge in [-0.1, -0.05) is 48.5 Å². The number of aromatic nitrogens is 5. The molecule has 0 saturated heterocycles. The van der Waals surface area contributed by atoms with Crippen LogP contribution in [-0.2, 0) is 12.4 Å². The smallest absolute Gasteiger partial charge is 0.204 e. The van der Waals surface area contributed by atoms with Crippen LogP contribution in [0.4, 0.5) is 0 Å². The summed E-state index contributed by atoms with van der Waals surface area (Å²) >= 11 is 1.77. The number of para-hydroxylation sites is 1. The Morgan fingerprint density at radius 1 is 0.871 bits per heavy atom. The molecule has 7 heteroatoms. The topological polar surface area (TPSA) is 76.6 Å². The number of nitrogens with one attached hydrogen (secondary N) is 1. The first-order valence-corrected chi connectivity index (χ1v) is 10.9. The number of rotatable bonds is 7. The minimum Gasteiger partial charge on any atom is -0.489 e. The number of aromatic amines is 1. The highest BCUT2D eigenvalue weighted by atomic mass is 32.2. The van der Waals surface area contributed by atoms with Gasteiger partial charge in [-0.2, -0.15) is 5.21 Å². The molecule has 0 fully saturated rings. The molecule has 0 aliphatic heterocycles. The number of hydrogen-bond acceptors (Lipinski definition) is 6. The largest absolute Gasteiger partial charge is 0.489 e. The van der Waals surface area contributed by atoms with Gasteiger partial charge in [-0.15, -0.1) is 22.0 Å². The first-order chi connectivity index (χ1) is 15.3. The molecule has 3 aromatic carbocycles. The zero-order valence-corrected chi connectivity index (χ0v) is 17.4. The fourth-order valence-corrected chi connectivity index (χ4v) is 4.13. The maximum atomic E-state index is 5.99. The third-order valence-corrected chi connectivity index (χ3v) is 5.81. The van der Waals surface area contributed by atoms with Crippen molar-refractivity contribution in [2.45, 2.75) is 17.3 Å². The molecule has 0 saturated carbocycles. The fraction of sp³-hybridized carbons (Fsp3) is 0.0833. The van der Waals surface area contributed by atoms with Crippen LogP contribution in [-0.4, -0.2) is 25.6 Å². The SMILES string of the molecule is c1cc(COc2cccc(-c3nn[nH]n3)c2)cc(SCc2ccc3ccccc3n2)c1. The van der Waals surface area contributed by atoms with E-state index in [4.69, 9.17) is 9.72 Å². The van der Waals surface area contributed by atoms with Crippen LogP contribution >= 0.6 is 11.8 Å². The summed E-state index contributed by atoms with van der Waals surface area (Å²) in [4.78, 5) is 5.95. The molecule has 152 valence electrons. The summed E-state index contributed by atoms with van der Waals surface area (Å²) in [6.45, 7) is 0.484. The molecule has 5 rings (SSSR count). The van der Waals surface area contributed by atoms with E-state index in [1.807, 2.05) is 36.4 Å². The number of fused-ring (bicyclic) bond motifs is 1. The Labute approximate surface area is 183 Å². The van der Waals surface area contributed by atoms with Crippen molar-refractivity contribution in [3.05, 3.63) is 96.2 Å². The first-order valence-electron chi connectivity index (χ1n) is 9.87. The summed E-state index contributed by atoms with van der Waals surface area (Å²) < 4.78 is 5.99. The van der Waals surface area contributed by atoms with Crippen molar-refractivity contribution in [3.8, 4) is 17.1 Å². The fourth-order valence-electron chi connectivity index (χ4n) is 3.25. The maximum Gasteiger partial charge on any atom is 0.204 e. The molecule has 0 amide bonds. The predicted molar refractivity (Wildman–Crippen MR) is 122 cm³/mol. The number of ether oxygens (including phenoxy) is 1. The molecule has 31 heavy (non-hydrogen) atoms. The Kier molecular flexibility index (Phi) is 5.58.